The van der Waals surface area contributed by atoms with Gasteiger partial charge in [0, 0.05) is 24.6 Å². The highest BCUT2D eigenvalue weighted by Gasteiger charge is 2.45. The topological polar surface area (TPSA) is 110 Å². The fourth-order valence-corrected chi connectivity index (χ4v) is 4.63. The van der Waals surface area contributed by atoms with Crippen molar-refractivity contribution in [2.45, 2.75) is 91.1 Å². The van der Waals surface area contributed by atoms with Crippen LogP contribution in [-0.2, 0) is 25.3 Å². The van der Waals surface area contributed by atoms with Crippen LogP contribution >= 0.6 is 0 Å². The molecule has 1 unspecified atom stereocenters. The zero-order valence-corrected chi connectivity index (χ0v) is 21.7. The molecule has 0 bridgehead atoms. The van der Waals surface area contributed by atoms with Crippen LogP contribution < -0.4 is 5.69 Å². The van der Waals surface area contributed by atoms with Crippen molar-refractivity contribution >= 4 is 14.3 Å². The summed E-state index contributed by atoms with van der Waals surface area (Å²) in [6, 6.07) is 0. The highest BCUT2D eigenvalue weighted by Crippen LogP contribution is 2.38. The number of esters is 1. The number of ether oxygens (including phenoxy) is 2. The van der Waals surface area contributed by atoms with E-state index in [1.54, 1.807) is 6.20 Å². The van der Waals surface area contributed by atoms with Crippen LogP contribution in [0, 0.1) is 5.92 Å². The molecule has 11 heteroatoms. The third-order valence-corrected chi connectivity index (χ3v) is 11.2. The first kappa shape index (κ1) is 25.3. The number of hydrogen-bond acceptors (Lipinski definition) is 8. The van der Waals surface area contributed by atoms with Gasteiger partial charge in [0.05, 0.1) is 12.7 Å². The summed E-state index contributed by atoms with van der Waals surface area (Å²) in [5.74, 6) is -0.133. The van der Waals surface area contributed by atoms with Crippen molar-refractivity contribution in [2.75, 3.05) is 0 Å². The summed E-state index contributed by atoms with van der Waals surface area (Å²) in [5, 5.41) is 4.17. The Morgan fingerprint density at radius 3 is 2.55 bits per heavy atom. The number of aromatic nitrogens is 5. The number of carbonyl (C=O) groups excluding carboxylic acids is 1. The zero-order valence-electron chi connectivity index (χ0n) is 20.7. The molecule has 0 radical (unpaired) electrons. The second-order valence-corrected chi connectivity index (χ2v) is 14.9. The highest BCUT2D eigenvalue weighted by atomic mass is 28.4. The molecule has 1 fully saturated rings. The fourth-order valence-electron chi connectivity index (χ4n) is 3.68. The molecule has 0 amide bonds. The van der Waals surface area contributed by atoms with Gasteiger partial charge >= 0.3 is 11.7 Å². The van der Waals surface area contributed by atoms with Crippen LogP contribution in [0.25, 0.3) is 5.82 Å². The molecule has 10 nitrogen and oxygen atoms in total. The maximum Gasteiger partial charge on any atom is 0.351 e. The molecule has 33 heavy (non-hydrogen) atoms. The smallest absolute Gasteiger partial charge is 0.351 e. The van der Waals surface area contributed by atoms with Gasteiger partial charge in [0.1, 0.15) is 12.7 Å². The standard InChI is InChI=1S/C22H35N5O5Si/c1-9-17-14(2)18(31-15(3)28)20(32-17)26-10-16(11-30-33(7,8)22(4,5)6)19(25-21(26)29)27-13-23-12-24-27/h10,12-14,17-18,20H,9,11H2,1-8H3/t14-,17+,18?,20+/m0/s1. The van der Waals surface area contributed by atoms with Crippen molar-refractivity contribution in [2.24, 2.45) is 5.92 Å². The lowest BCUT2D eigenvalue weighted by Gasteiger charge is -2.36. The summed E-state index contributed by atoms with van der Waals surface area (Å²) in [6.07, 6.45) is 3.78. The fraction of sp³-hybridized carbons (Fsp3) is 0.682. The molecule has 3 rings (SSSR count). The van der Waals surface area contributed by atoms with Gasteiger partial charge in [-0.15, -0.1) is 0 Å². The van der Waals surface area contributed by atoms with Crippen molar-refractivity contribution < 1.29 is 18.7 Å². The van der Waals surface area contributed by atoms with E-state index in [2.05, 4.69) is 48.9 Å². The lowest BCUT2D eigenvalue weighted by Crippen LogP contribution is -2.41. The Bertz CT molecular complexity index is 1030. The molecule has 4 atom stereocenters. The summed E-state index contributed by atoms with van der Waals surface area (Å²) in [4.78, 5) is 33.2. The lowest BCUT2D eigenvalue weighted by atomic mass is 9.98. The van der Waals surface area contributed by atoms with E-state index >= 15 is 0 Å². The minimum Gasteiger partial charge on any atom is -0.457 e. The van der Waals surface area contributed by atoms with Crippen LogP contribution in [0.2, 0.25) is 18.1 Å². The Morgan fingerprint density at radius 1 is 1.30 bits per heavy atom. The summed E-state index contributed by atoms with van der Waals surface area (Å²) >= 11 is 0. The van der Waals surface area contributed by atoms with E-state index in [0.29, 0.717) is 11.4 Å². The number of rotatable bonds is 7. The Morgan fingerprint density at radius 2 is 2.00 bits per heavy atom. The maximum atomic E-state index is 13.1. The van der Waals surface area contributed by atoms with Gasteiger partial charge in [-0.3, -0.25) is 9.36 Å². The van der Waals surface area contributed by atoms with Crippen molar-refractivity contribution in [3.05, 3.63) is 34.9 Å². The highest BCUT2D eigenvalue weighted by molar-refractivity contribution is 6.74. The van der Waals surface area contributed by atoms with Gasteiger partial charge in [-0.1, -0.05) is 34.6 Å². The lowest BCUT2D eigenvalue weighted by molar-refractivity contribution is -0.153. The number of hydrogen-bond donors (Lipinski definition) is 0. The first-order valence-electron chi connectivity index (χ1n) is 11.3. The summed E-state index contributed by atoms with van der Waals surface area (Å²) in [6.45, 7) is 16.4. The summed E-state index contributed by atoms with van der Waals surface area (Å²) in [5.41, 5.74) is 0.144. The molecule has 1 aliphatic heterocycles. The Labute approximate surface area is 195 Å². The van der Waals surface area contributed by atoms with E-state index in [9.17, 15) is 9.59 Å². The molecule has 1 saturated heterocycles. The van der Waals surface area contributed by atoms with Crippen LogP contribution in [0.5, 0.6) is 0 Å². The molecule has 182 valence electrons. The molecule has 1 aliphatic rings. The average Bonchev–Trinajstić information content (AvgIpc) is 3.35. The third-order valence-electron chi connectivity index (χ3n) is 6.71. The van der Waals surface area contributed by atoms with E-state index in [0.717, 1.165) is 6.42 Å². The average molecular weight is 478 g/mol. The third kappa shape index (κ3) is 5.25. The molecular formula is C22H35N5O5Si. The van der Waals surface area contributed by atoms with Crippen molar-refractivity contribution in [1.82, 2.24) is 24.3 Å². The minimum absolute atomic E-state index is 0.0149. The molecule has 2 aromatic rings. The number of carbonyl (C=O) groups is 1. The van der Waals surface area contributed by atoms with E-state index in [4.69, 9.17) is 13.9 Å². The van der Waals surface area contributed by atoms with E-state index in [1.165, 1.54) is 28.8 Å². The van der Waals surface area contributed by atoms with Crippen molar-refractivity contribution in [3.8, 4) is 5.82 Å². The van der Waals surface area contributed by atoms with Crippen molar-refractivity contribution in [1.29, 1.82) is 0 Å². The van der Waals surface area contributed by atoms with Gasteiger partial charge in [-0.25, -0.2) is 14.5 Å². The van der Waals surface area contributed by atoms with Crippen LogP contribution in [-0.4, -0.2) is 50.8 Å². The predicted molar refractivity (Wildman–Crippen MR) is 124 cm³/mol. The van der Waals surface area contributed by atoms with Gasteiger partial charge in [0.15, 0.2) is 26.5 Å². The van der Waals surface area contributed by atoms with Crippen LogP contribution in [0.3, 0.4) is 0 Å². The molecule has 2 aromatic heterocycles. The van der Waals surface area contributed by atoms with Gasteiger partial charge in [0.2, 0.25) is 0 Å². The predicted octanol–water partition coefficient (Wildman–Crippen LogP) is 3.22. The minimum atomic E-state index is -2.08. The first-order valence-corrected chi connectivity index (χ1v) is 14.2. The largest absolute Gasteiger partial charge is 0.457 e. The SMILES string of the molecule is CC[C@H]1O[C@@H](n2cc(CO[Si](C)(C)C(C)(C)C)c(-n3cncn3)nc2=O)C(OC(C)=O)[C@H]1C. The van der Waals surface area contributed by atoms with Gasteiger partial charge < -0.3 is 13.9 Å². The second-order valence-electron chi connectivity index (χ2n) is 10.1. The van der Waals surface area contributed by atoms with E-state index < -0.39 is 32.3 Å². The summed E-state index contributed by atoms with van der Waals surface area (Å²) < 4.78 is 21.0. The monoisotopic (exact) mass is 477 g/mol. The molecule has 0 aliphatic carbocycles. The molecular weight excluding hydrogens is 442 g/mol. The molecule has 0 spiro atoms. The molecule has 0 N–H and O–H groups in total. The van der Waals surface area contributed by atoms with Crippen LogP contribution in [0.1, 0.15) is 59.8 Å². The molecule has 0 saturated carbocycles. The Hall–Kier alpha value is -2.37. The van der Waals surface area contributed by atoms with E-state index in [1.807, 2.05) is 13.8 Å². The first-order chi connectivity index (χ1) is 15.4. The number of nitrogens with zero attached hydrogens (tertiary/aromatic N) is 5. The van der Waals surface area contributed by atoms with Gasteiger partial charge in [-0.05, 0) is 24.6 Å². The Balaban J connectivity index is 2.05. The normalized spacial score (nSPS) is 23.6. The zero-order chi connectivity index (χ0) is 24.6. The molecule has 0 aromatic carbocycles. The van der Waals surface area contributed by atoms with Crippen LogP contribution in [0.4, 0.5) is 0 Å². The second kappa shape index (κ2) is 9.47. The van der Waals surface area contributed by atoms with Crippen LogP contribution in [0.15, 0.2) is 23.6 Å². The van der Waals surface area contributed by atoms with Gasteiger partial charge in [0.25, 0.3) is 0 Å². The van der Waals surface area contributed by atoms with Gasteiger partial charge in [-0.2, -0.15) is 10.1 Å². The maximum absolute atomic E-state index is 13.1. The van der Waals surface area contributed by atoms with E-state index in [-0.39, 0.29) is 23.7 Å². The summed E-state index contributed by atoms with van der Waals surface area (Å²) in [7, 11) is -2.08. The Kier molecular flexibility index (Phi) is 7.25. The quantitative estimate of drug-likeness (QED) is 0.441. The molecule has 3 heterocycles. The van der Waals surface area contributed by atoms with Crippen molar-refractivity contribution in [3.63, 3.8) is 0 Å².